The van der Waals surface area contributed by atoms with E-state index in [0.29, 0.717) is 30.5 Å². The SMILES string of the molecule is Cc1nc(C2(CF)COC2)c(N)cc1-c1ccnc(OCCO)c1. The summed E-state index contributed by atoms with van der Waals surface area (Å²) in [5.74, 6) is 0.413. The van der Waals surface area contributed by atoms with Gasteiger partial charge in [-0.2, -0.15) is 0 Å². The van der Waals surface area contributed by atoms with E-state index in [0.717, 1.165) is 16.8 Å². The van der Waals surface area contributed by atoms with Crippen LogP contribution in [0.15, 0.2) is 24.4 Å². The molecule has 0 bridgehead atoms. The van der Waals surface area contributed by atoms with Crippen molar-refractivity contribution in [1.82, 2.24) is 9.97 Å². The predicted molar refractivity (Wildman–Crippen MR) is 87.7 cm³/mol. The fourth-order valence-electron chi connectivity index (χ4n) is 2.77. The number of aromatic nitrogens is 2. The highest BCUT2D eigenvalue weighted by molar-refractivity contribution is 5.71. The van der Waals surface area contributed by atoms with Gasteiger partial charge in [0.2, 0.25) is 5.88 Å². The number of pyridine rings is 2. The number of aliphatic hydroxyl groups excluding tert-OH is 1. The van der Waals surface area contributed by atoms with Crippen LogP contribution in [0.25, 0.3) is 11.1 Å². The topological polar surface area (TPSA) is 90.5 Å². The van der Waals surface area contributed by atoms with Crippen molar-refractivity contribution in [2.75, 3.05) is 38.8 Å². The van der Waals surface area contributed by atoms with Crippen molar-refractivity contribution in [3.63, 3.8) is 0 Å². The lowest BCUT2D eigenvalue weighted by molar-refractivity contribution is -0.0723. The van der Waals surface area contributed by atoms with Gasteiger partial charge in [-0.25, -0.2) is 9.37 Å². The van der Waals surface area contributed by atoms with E-state index in [9.17, 15) is 4.39 Å². The second-order valence-corrected chi connectivity index (χ2v) is 5.92. The number of hydrogen-bond donors (Lipinski definition) is 2. The molecule has 2 aromatic rings. The molecule has 0 aliphatic carbocycles. The summed E-state index contributed by atoms with van der Waals surface area (Å²) in [4.78, 5) is 8.66. The van der Waals surface area contributed by atoms with E-state index in [4.69, 9.17) is 20.3 Å². The smallest absolute Gasteiger partial charge is 0.213 e. The highest BCUT2D eigenvalue weighted by Gasteiger charge is 2.43. The number of anilines is 1. The number of nitrogen functional groups attached to an aromatic ring is 1. The molecule has 1 aliphatic rings. The number of halogens is 1. The normalized spacial score (nSPS) is 15.8. The Kier molecular flexibility index (Phi) is 4.64. The molecule has 6 nitrogen and oxygen atoms in total. The van der Waals surface area contributed by atoms with Crippen molar-refractivity contribution < 1.29 is 19.0 Å². The molecule has 1 aliphatic heterocycles. The Bertz CT molecular complexity index is 730. The van der Waals surface area contributed by atoms with Crippen LogP contribution in [-0.2, 0) is 10.2 Å². The quantitative estimate of drug-likeness (QED) is 0.835. The van der Waals surface area contributed by atoms with Crippen LogP contribution in [0.5, 0.6) is 5.88 Å². The Morgan fingerprint density at radius 1 is 1.42 bits per heavy atom. The van der Waals surface area contributed by atoms with Crippen LogP contribution < -0.4 is 10.5 Å². The maximum absolute atomic E-state index is 13.5. The molecule has 0 amide bonds. The first kappa shape index (κ1) is 16.6. The van der Waals surface area contributed by atoms with Crippen molar-refractivity contribution in [3.05, 3.63) is 35.8 Å². The summed E-state index contributed by atoms with van der Waals surface area (Å²) in [6.45, 7) is 2.01. The van der Waals surface area contributed by atoms with Gasteiger partial charge in [-0.3, -0.25) is 4.98 Å². The third-order valence-corrected chi connectivity index (χ3v) is 4.14. The Morgan fingerprint density at radius 2 is 2.21 bits per heavy atom. The van der Waals surface area contributed by atoms with Gasteiger partial charge in [0.15, 0.2) is 0 Å². The van der Waals surface area contributed by atoms with E-state index in [-0.39, 0.29) is 13.2 Å². The van der Waals surface area contributed by atoms with Gasteiger partial charge in [0.1, 0.15) is 13.3 Å². The molecule has 7 heteroatoms. The number of hydrogen-bond acceptors (Lipinski definition) is 6. The summed E-state index contributed by atoms with van der Waals surface area (Å²) >= 11 is 0. The van der Waals surface area contributed by atoms with Crippen LogP contribution in [0.2, 0.25) is 0 Å². The molecule has 0 radical (unpaired) electrons. The summed E-state index contributed by atoms with van der Waals surface area (Å²) in [5.41, 5.74) is 8.87. The zero-order valence-electron chi connectivity index (χ0n) is 13.5. The molecular weight excluding hydrogens is 313 g/mol. The van der Waals surface area contributed by atoms with E-state index in [2.05, 4.69) is 9.97 Å². The molecule has 1 saturated heterocycles. The fraction of sp³-hybridized carbons (Fsp3) is 0.412. The first-order valence-corrected chi connectivity index (χ1v) is 7.71. The van der Waals surface area contributed by atoms with E-state index >= 15 is 0 Å². The van der Waals surface area contributed by atoms with Crippen molar-refractivity contribution in [3.8, 4) is 17.0 Å². The number of nitrogens with zero attached hydrogens (tertiary/aromatic N) is 2. The lowest BCUT2D eigenvalue weighted by atomic mass is 9.82. The van der Waals surface area contributed by atoms with Crippen LogP contribution in [0.1, 0.15) is 11.4 Å². The van der Waals surface area contributed by atoms with Gasteiger partial charge in [0, 0.05) is 23.5 Å². The van der Waals surface area contributed by atoms with Crippen LogP contribution in [0.3, 0.4) is 0 Å². The number of rotatable bonds is 6. The minimum atomic E-state index is -0.721. The number of aliphatic hydroxyl groups is 1. The van der Waals surface area contributed by atoms with Crippen LogP contribution in [-0.4, -0.2) is 48.2 Å². The minimum absolute atomic E-state index is 0.0818. The molecule has 0 spiro atoms. The predicted octanol–water partition coefficient (Wildman–Crippen LogP) is 1.64. The van der Waals surface area contributed by atoms with Gasteiger partial charge in [-0.05, 0) is 24.6 Å². The van der Waals surface area contributed by atoms with Crippen LogP contribution >= 0.6 is 0 Å². The summed E-state index contributed by atoms with van der Waals surface area (Å²) in [6, 6.07) is 5.39. The van der Waals surface area contributed by atoms with Crippen molar-refractivity contribution in [1.29, 1.82) is 0 Å². The lowest BCUT2D eigenvalue weighted by Crippen LogP contribution is -2.49. The van der Waals surface area contributed by atoms with Gasteiger partial charge in [-0.1, -0.05) is 0 Å². The summed E-state index contributed by atoms with van der Waals surface area (Å²) in [7, 11) is 0. The van der Waals surface area contributed by atoms with E-state index in [1.54, 1.807) is 18.3 Å². The molecule has 0 aromatic carbocycles. The van der Waals surface area contributed by atoms with Gasteiger partial charge in [0.25, 0.3) is 0 Å². The van der Waals surface area contributed by atoms with Crippen molar-refractivity contribution in [2.24, 2.45) is 0 Å². The van der Waals surface area contributed by atoms with E-state index in [1.165, 1.54) is 0 Å². The molecule has 0 saturated carbocycles. The monoisotopic (exact) mass is 333 g/mol. The molecule has 0 atom stereocenters. The summed E-state index contributed by atoms with van der Waals surface area (Å²) in [6.07, 6.45) is 1.62. The Morgan fingerprint density at radius 3 is 2.83 bits per heavy atom. The molecule has 3 N–H and O–H groups in total. The molecule has 0 unspecified atom stereocenters. The Balaban J connectivity index is 1.96. The first-order chi connectivity index (χ1) is 11.6. The highest BCUT2D eigenvalue weighted by Crippen LogP contribution is 2.37. The number of aryl methyl sites for hydroxylation is 1. The van der Waals surface area contributed by atoms with Crippen molar-refractivity contribution in [2.45, 2.75) is 12.3 Å². The second-order valence-electron chi connectivity index (χ2n) is 5.92. The molecule has 24 heavy (non-hydrogen) atoms. The molecule has 3 rings (SSSR count). The van der Waals surface area contributed by atoms with Gasteiger partial charge < -0.3 is 20.3 Å². The van der Waals surface area contributed by atoms with E-state index < -0.39 is 12.1 Å². The average molecular weight is 333 g/mol. The molecule has 3 heterocycles. The first-order valence-electron chi connectivity index (χ1n) is 7.71. The summed E-state index contributed by atoms with van der Waals surface area (Å²) in [5, 5.41) is 8.83. The third kappa shape index (κ3) is 2.92. The second kappa shape index (κ2) is 6.70. The Labute approximate surface area is 139 Å². The number of ether oxygens (including phenoxy) is 2. The minimum Gasteiger partial charge on any atom is -0.475 e. The molecular formula is C17H20FN3O3. The van der Waals surface area contributed by atoms with Crippen LogP contribution in [0.4, 0.5) is 10.1 Å². The fourth-order valence-corrected chi connectivity index (χ4v) is 2.77. The maximum atomic E-state index is 13.5. The lowest BCUT2D eigenvalue weighted by Gasteiger charge is -2.39. The average Bonchev–Trinajstić information content (AvgIpc) is 2.55. The summed E-state index contributed by atoms with van der Waals surface area (Å²) < 4.78 is 24.0. The largest absolute Gasteiger partial charge is 0.475 e. The zero-order valence-corrected chi connectivity index (χ0v) is 13.5. The number of alkyl halides is 1. The molecule has 2 aromatic heterocycles. The molecule has 1 fully saturated rings. The van der Waals surface area contributed by atoms with E-state index in [1.807, 2.05) is 13.0 Å². The third-order valence-electron chi connectivity index (χ3n) is 4.14. The van der Waals surface area contributed by atoms with Crippen LogP contribution in [0, 0.1) is 6.92 Å². The maximum Gasteiger partial charge on any atom is 0.213 e. The standard InChI is InChI=1S/C17H20FN3O3/c1-11-13(12-2-3-20-15(6-12)24-5-4-22)7-14(19)16(21-11)17(8-18)9-23-10-17/h2-3,6-7,22H,4-5,8-10,19H2,1H3. The number of nitrogens with two attached hydrogens (primary N) is 1. The molecule has 128 valence electrons. The highest BCUT2D eigenvalue weighted by atomic mass is 19.1. The van der Waals surface area contributed by atoms with Gasteiger partial charge >= 0.3 is 0 Å². The van der Waals surface area contributed by atoms with Gasteiger partial charge in [-0.15, -0.1) is 0 Å². The zero-order chi connectivity index (χ0) is 17.2. The van der Waals surface area contributed by atoms with Gasteiger partial charge in [0.05, 0.1) is 36.6 Å². The Hall–Kier alpha value is -2.25. The van der Waals surface area contributed by atoms with Crippen molar-refractivity contribution >= 4 is 5.69 Å².